The van der Waals surface area contributed by atoms with Gasteiger partial charge in [0.25, 0.3) is 10.0 Å². The van der Waals surface area contributed by atoms with E-state index in [9.17, 15) is 8.42 Å². The first-order valence-corrected chi connectivity index (χ1v) is 8.09. The maximum atomic E-state index is 12.4. The number of anilines is 2. The summed E-state index contributed by atoms with van der Waals surface area (Å²) >= 11 is 17.2. The summed E-state index contributed by atoms with van der Waals surface area (Å²) in [5.41, 5.74) is 6.35. The Labute approximate surface area is 136 Å². The lowest BCUT2D eigenvalue weighted by atomic mass is 10.2. The Morgan fingerprint density at radius 3 is 2.43 bits per heavy atom. The molecule has 0 atom stereocenters. The number of benzene rings is 1. The standard InChI is InChI=1S/C11H9Cl3N4O2S/c1-5-7(15)2-6(12)3-8(5)21(19,20)18-10-4-9(13)16-11(14)17-10/h2-4H,15H2,1H3,(H,16,17,18). The van der Waals surface area contributed by atoms with Crippen LogP contribution in [-0.4, -0.2) is 18.4 Å². The van der Waals surface area contributed by atoms with Gasteiger partial charge in [-0.1, -0.05) is 23.2 Å². The largest absolute Gasteiger partial charge is 0.398 e. The van der Waals surface area contributed by atoms with Gasteiger partial charge in [-0.2, -0.15) is 4.98 Å². The second-order valence-electron chi connectivity index (χ2n) is 4.07. The highest BCUT2D eigenvalue weighted by Gasteiger charge is 2.20. The van der Waals surface area contributed by atoms with Gasteiger partial charge in [0.1, 0.15) is 11.0 Å². The molecule has 0 fully saturated rings. The third-order valence-electron chi connectivity index (χ3n) is 2.56. The first kappa shape index (κ1) is 16.1. The van der Waals surface area contributed by atoms with Crippen LogP contribution in [-0.2, 0) is 10.0 Å². The maximum Gasteiger partial charge on any atom is 0.263 e. The van der Waals surface area contributed by atoms with Crippen LogP contribution in [0.2, 0.25) is 15.5 Å². The van der Waals surface area contributed by atoms with Crippen LogP contribution in [0.5, 0.6) is 0 Å². The van der Waals surface area contributed by atoms with E-state index in [0.29, 0.717) is 5.56 Å². The molecule has 3 N–H and O–H groups in total. The van der Waals surface area contributed by atoms with Gasteiger partial charge >= 0.3 is 0 Å². The summed E-state index contributed by atoms with van der Waals surface area (Å²) in [6.07, 6.45) is 0. The minimum atomic E-state index is -3.94. The Balaban J connectivity index is 2.48. The van der Waals surface area contributed by atoms with Crippen LogP contribution in [0.25, 0.3) is 0 Å². The van der Waals surface area contributed by atoms with Crippen molar-refractivity contribution >= 4 is 56.3 Å². The van der Waals surface area contributed by atoms with Crippen molar-refractivity contribution in [1.29, 1.82) is 0 Å². The lowest BCUT2D eigenvalue weighted by molar-refractivity contribution is 0.600. The van der Waals surface area contributed by atoms with E-state index in [1.165, 1.54) is 18.2 Å². The van der Waals surface area contributed by atoms with Crippen molar-refractivity contribution in [3.8, 4) is 0 Å². The van der Waals surface area contributed by atoms with Crippen molar-refractivity contribution in [3.63, 3.8) is 0 Å². The van der Waals surface area contributed by atoms with Crippen molar-refractivity contribution in [2.75, 3.05) is 10.5 Å². The second-order valence-corrected chi connectivity index (χ2v) is 6.88. The molecule has 0 aliphatic heterocycles. The van der Waals surface area contributed by atoms with Crippen LogP contribution in [0, 0.1) is 6.92 Å². The summed E-state index contributed by atoms with van der Waals surface area (Å²) in [4.78, 5) is 7.30. The summed E-state index contributed by atoms with van der Waals surface area (Å²) in [7, 11) is -3.94. The normalized spacial score (nSPS) is 11.4. The van der Waals surface area contributed by atoms with Gasteiger partial charge in [0.05, 0.1) is 4.90 Å². The molecule has 2 aromatic rings. The predicted octanol–water partition coefficient (Wildman–Crippen LogP) is 3.13. The monoisotopic (exact) mass is 366 g/mol. The van der Waals surface area contributed by atoms with Crippen molar-refractivity contribution in [2.45, 2.75) is 11.8 Å². The van der Waals surface area contributed by atoms with Gasteiger partial charge in [-0.05, 0) is 36.2 Å². The zero-order chi connectivity index (χ0) is 15.8. The van der Waals surface area contributed by atoms with Crippen LogP contribution in [0.15, 0.2) is 23.1 Å². The molecule has 0 saturated carbocycles. The first-order chi connectivity index (χ1) is 9.69. The number of nitrogens with two attached hydrogens (primary N) is 1. The SMILES string of the molecule is Cc1c(N)cc(Cl)cc1S(=O)(=O)Nc1cc(Cl)nc(Cl)n1. The maximum absolute atomic E-state index is 12.4. The molecule has 0 aliphatic carbocycles. The zero-order valence-corrected chi connectivity index (χ0v) is 13.6. The molecule has 1 aromatic carbocycles. The fourth-order valence-corrected chi connectivity index (χ4v) is 3.58. The third-order valence-corrected chi connectivity index (χ3v) is 4.62. The summed E-state index contributed by atoms with van der Waals surface area (Å²) in [5, 5.41) is 0.0368. The molecule has 0 spiro atoms. The van der Waals surface area contributed by atoms with Crippen LogP contribution in [0.3, 0.4) is 0 Å². The molecular formula is C11H9Cl3N4O2S. The fourth-order valence-electron chi connectivity index (χ4n) is 1.59. The number of nitrogens with one attached hydrogen (secondary N) is 1. The van der Waals surface area contributed by atoms with Gasteiger partial charge in [0.2, 0.25) is 5.28 Å². The molecule has 6 nitrogen and oxygen atoms in total. The van der Waals surface area contributed by atoms with Crippen molar-refractivity contribution < 1.29 is 8.42 Å². The number of hydrogen-bond acceptors (Lipinski definition) is 5. The van der Waals surface area contributed by atoms with E-state index in [0.717, 1.165) is 0 Å². The van der Waals surface area contributed by atoms with Gasteiger partial charge in [-0.3, -0.25) is 4.72 Å². The summed E-state index contributed by atoms with van der Waals surface area (Å²) < 4.78 is 27.0. The van der Waals surface area contributed by atoms with E-state index in [1.54, 1.807) is 6.92 Å². The van der Waals surface area contributed by atoms with Crippen LogP contribution >= 0.6 is 34.8 Å². The molecule has 10 heteroatoms. The Kier molecular flexibility index (Phi) is 4.48. The minimum absolute atomic E-state index is 0.00929. The van der Waals surface area contributed by atoms with E-state index in [-0.39, 0.29) is 31.9 Å². The van der Waals surface area contributed by atoms with E-state index in [1.807, 2.05) is 0 Å². The fraction of sp³-hybridized carbons (Fsp3) is 0.0909. The highest BCUT2D eigenvalue weighted by atomic mass is 35.5. The number of sulfonamides is 1. The quantitative estimate of drug-likeness (QED) is 0.493. The molecule has 0 radical (unpaired) electrons. The first-order valence-electron chi connectivity index (χ1n) is 5.47. The number of rotatable bonds is 3. The van der Waals surface area contributed by atoms with Crippen LogP contribution < -0.4 is 10.5 Å². The van der Waals surface area contributed by atoms with Crippen LogP contribution in [0.4, 0.5) is 11.5 Å². The Morgan fingerprint density at radius 2 is 1.81 bits per heavy atom. The predicted molar refractivity (Wildman–Crippen MR) is 83.5 cm³/mol. The molecular weight excluding hydrogens is 359 g/mol. The van der Waals surface area contributed by atoms with Gasteiger partial charge < -0.3 is 5.73 Å². The van der Waals surface area contributed by atoms with Crippen molar-refractivity contribution in [2.24, 2.45) is 0 Å². The van der Waals surface area contributed by atoms with Gasteiger partial charge in [0, 0.05) is 16.8 Å². The zero-order valence-electron chi connectivity index (χ0n) is 10.6. The number of halogens is 3. The minimum Gasteiger partial charge on any atom is -0.398 e. The molecule has 0 bridgehead atoms. The summed E-state index contributed by atoms with van der Waals surface area (Å²) in [6, 6.07) is 3.99. The third kappa shape index (κ3) is 3.68. The van der Waals surface area contributed by atoms with E-state index in [2.05, 4.69) is 14.7 Å². The van der Waals surface area contributed by atoms with Crippen molar-refractivity contribution in [3.05, 3.63) is 39.2 Å². The van der Waals surface area contributed by atoms with Gasteiger partial charge in [-0.25, -0.2) is 13.4 Å². The molecule has 1 aromatic heterocycles. The van der Waals surface area contributed by atoms with Crippen molar-refractivity contribution in [1.82, 2.24) is 9.97 Å². The topological polar surface area (TPSA) is 98.0 Å². The van der Waals surface area contributed by atoms with E-state index >= 15 is 0 Å². The Bertz CT molecular complexity index is 791. The number of aromatic nitrogens is 2. The molecule has 0 unspecified atom stereocenters. The van der Waals surface area contributed by atoms with Gasteiger partial charge in [0.15, 0.2) is 0 Å². The second kappa shape index (κ2) is 5.84. The van der Waals surface area contributed by atoms with Gasteiger partial charge in [-0.15, -0.1) is 0 Å². The summed E-state index contributed by atoms with van der Waals surface area (Å²) in [5.74, 6) is -0.0575. The highest BCUT2D eigenvalue weighted by Crippen LogP contribution is 2.27. The Hall–Kier alpha value is -1.28. The Morgan fingerprint density at radius 1 is 1.14 bits per heavy atom. The molecule has 0 saturated heterocycles. The van der Waals surface area contributed by atoms with Crippen LogP contribution in [0.1, 0.15) is 5.56 Å². The molecule has 0 amide bonds. The highest BCUT2D eigenvalue weighted by molar-refractivity contribution is 7.92. The average molecular weight is 368 g/mol. The number of hydrogen-bond donors (Lipinski definition) is 2. The summed E-state index contributed by atoms with van der Waals surface area (Å²) in [6.45, 7) is 1.57. The lowest BCUT2D eigenvalue weighted by Crippen LogP contribution is -2.16. The molecule has 1 heterocycles. The van der Waals surface area contributed by atoms with E-state index < -0.39 is 10.0 Å². The lowest BCUT2D eigenvalue weighted by Gasteiger charge is -2.12. The number of nitrogens with zero attached hydrogens (tertiary/aromatic N) is 2. The molecule has 2 rings (SSSR count). The molecule has 21 heavy (non-hydrogen) atoms. The smallest absolute Gasteiger partial charge is 0.263 e. The average Bonchev–Trinajstić information content (AvgIpc) is 2.31. The molecule has 112 valence electrons. The number of nitrogen functional groups attached to an aromatic ring is 1. The van der Waals surface area contributed by atoms with E-state index in [4.69, 9.17) is 40.5 Å². The molecule has 0 aliphatic rings.